The van der Waals surface area contributed by atoms with Crippen LogP contribution in [0.15, 0.2) is 60.0 Å². The minimum Gasteiger partial charge on any atom is -0.369 e. The molecule has 0 amide bonds. The Kier molecular flexibility index (Phi) is 6.58. The fourth-order valence-corrected chi connectivity index (χ4v) is 4.61. The fraction of sp³-hybridized carbons (Fsp3) is 0.296. The number of rotatable bonds is 7. The van der Waals surface area contributed by atoms with Crippen LogP contribution in [0.5, 0.6) is 0 Å². The number of hydrogen-bond donors (Lipinski definition) is 1. The molecular weight excluding hydrogens is 468 g/mol. The number of aryl methyl sites for hydroxylation is 1. The van der Waals surface area contributed by atoms with Gasteiger partial charge in [-0.3, -0.25) is 9.59 Å². The third-order valence-corrected chi connectivity index (χ3v) is 6.59. The first-order valence-corrected chi connectivity index (χ1v) is 12.2. The van der Waals surface area contributed by atoms with Crippen molar-refractivity contribution in [3.05, 3.63) is 76.9 Å². The maximum absolute atomic E-state index is 13.1. The van der Waals surface area contributed by atoms with Crippen LogP contribution in [-0.4, -0.2) is 68.2 Å². The Bertz CT molecular complexity index is 1550. The zero-order valence-corrected chi connectivity index (χ0v) is 21.3. The van der Waals surface area contributed by atoms with Gasteiger partial charge in [0.25, 0.3) is 5.56 Å². The molecule has 3 aromatic heterocycles. The van der Waals surface area contributed by atoms with Gasteiger partial charge in [0, 0.05) is 50.7 Å². The maximum Gasteiger partial charge on any atom is 0.278 e. The highest BCUT2D eigenvalue weighted by atomic mass is 16.1. The second-order valence-corrected chi connectivity index (χ2v) is 9.27. The molecule has 5 rings (SSSR count). The van der Waals surface area contributed by atoms with E-state index in [9.17, 15) is 9.59 Å². The zero-order chi connectivity index (χ0) is 26.1. The first kappa shape index (κ1) is 24.4. The molecule has 1 fully saturated rings. The van der Waals surface area contributed by atoms with Crippen molar-refractivity contribution in [1.82, 2.24) is 29.2 Å². The van der Waals surface area contributed by atoms with Crippen LogP contribution < -0.4 is 15.8 Å². The van der Waals surface area contributed by atoms with E-state index in [1.54, 1.807) is 29.0 Å². The molecule has 10 heteroatoms. The summed E-state index contributed by atoms with van der Waals surface area (Å²) in [5, 5.41) is 3.63. The molecule has 0 aliphatic carbocycles. The molecule has 0 bridgehead atoms. The quantitative estimate of drug-likeness (QED) is 0.306. The average molecular weight is 499 g/mol. The highest BCUT2D eigenvalue weighted by Gasteiger charge is 2.19. The van der Waals surface area contributed by atoms with E-state index in [0.717, 1.165) is 37.4 Å². The molecule has 0 unspecified atom stereocenters. The van der Waals surface area contributed by atoms with Crippen LogP contribution in [-0.2, 0) is 6.54 Å². The Balaban J connectivity index is 1.52. The number of allylic oxidation sites excluding steroid dienone is 1. The van der Waals surface area contributed by atoms with Gasteiger partial charge in [-0.15, -0.1) is 6.58 Å². The van der Waals surface area contributed by atoms with Crippen LogP contribution in [0.4, 0.5) is 17.3 Å². The molecule has 37 heavy (non-hydrogen) atoms. The van der Waals surface area contributed by atoms with E-state index in [1.807, 2.05) is 6.07 Å². The second-order valence-electron chi connectivity index (χ2n) is 9.27. The standard InChI is InChI=1S/C27H30N8O2/c1-5-11-34-26(37)21-17-28-27(31-25(21)35(34)24-8-6-7-22(30-24)19(3)36)29-20-9-10-23(18(2)16-20)33-14-12-32(4)13-15-33/h5-10,16-17H,1,11-15H2,2-4H3,(H,28,29,31). The van der Waals surface area contributed by atoms with E-state index in [0.29, 0.717) is 28.5 Å². The third-order valence-electron chi connectivity index (χ3n) is 6.59. The monoisotopic (exact) mass is 498 g/mol. The molecule has 10 nitrogen and oxygen atoms in total. The number of nitrogens with zero attached hydrogens (tertiary/aromatic N) is 7. The van der Waals surface area contributed by atoms with Crippen molar-refractivity contribution in [2.45, 2.75) is 20.4 Å². The number of fused-ring (bicyclic) bond motifs is 1. The van der Waals surface area contributed by atoms with E-state index in [-0.39, 0.29) is 17.9 Å². The molecule has 0 saturated carbocycles. The van der Waals surface area contributed by atoms with Gasteiger partial charge in [-0.1, -0.05) is 12.1 Å². The molecule has 0 radical (unpaired) electrons. The lowest BCUT2D eigenvalue weighted by atomic mass is 10.1. The van der Waals surface area contributed by atoms with Gasteiger partial charge in [-0.2, -0.15) is 4.98 Å². The van der Waals surface area contributed by atoms with Gasteiger partial charge < -0.3 is 15.1 Å². The predicted octanol–water partition coefficient (Wildman–Crippen LogP) is 3.17. The van der Waals surface area contributed by atoms with Crippen LogP contribution in [0.25, 0.3) is 16.9 Å². The first-order chi connectivity index (χ1) is 17.9. The smallest absolute Gasteiger partial charge is 0.278 e. The molecule has 4 heterocycles. The fourth-order valence-electron chi connectivity index (χ4n) is 4.61. The van der Waals surface area contributed by atoms with Gasteiger partial charge in [0.2, 0.25) is 5.95 Å². The second kappa shape index (κ2) is 9.98. The number of carbonyl (C=O) groups excluding carboxylic acids is 1. The number of aromatic nitrogens is 5. The summed E-state index contributed by atoms with van der Waals surface area (Å²) >= 11 is 0. The Labute approximate surface area is 214 Å². The minimum atomic E-state index is -0.260. The SMILES string of the molecule is C=CCn1c(=O)c2cnc(Nc3ccc(N4CCN(C)CC4)c(C)c3)nc2n1-c1cccc(C(C)=O)n1. The third kappa shape index (κ3) is 4.75. The topological polar surface area (TPSA) is 101 Å². The lowest BCUT2D eigenvalue weighted by Gasteiger charge is -2.35. The van der Waals surface area contributed by atoms with Crippen molar-refractivity contribution in [3.63, 3.8) is 0 Å². The number of likely N-dealkylation sites (N-methyl/N-ethyl adjacent to an activating group) is 1. The lowest BCUT2D eigenvalue weighted by molar-refractivity contribution is 0.101. The Morgan fingerprint density at radius 3 is 2.62 bits per heavy atom. The molecule has 190 valence electrons. The van der Waals surface area contributed by atoms with Crippen LogP contribution in [0.1, 0.15) is 23.0 Å². The van der Waals surface area contributed by atoms with E-state index in [2.05, 4.69) is 62.8 Å². The summed E-state index contributed by atoms with van der Waals surface area (Å²) < 4.78 is 3.09. The molecule has 1 N–H and O–H groups in total. The molecule has 1 aliphatic heterocycles. The lowest BCUT2D eigenvalue weighted by Crippen LogP contribution is -2.44. The molecular formula is C27H30N8O2. The van der Waals surface area contributed by atoms with E-state index >= 15 is 0 Å². The largest absolute Gasteiger partial charge is 0.369 e. The summed E-state index contributed by atoms with van der Waals surface area (Å²) in [5.74, 6) is 0.605. The van der Waals surface area contributed by atoms with Gasteiger partial charge in [-0.05, 0) is 49.9 Å². The van der Waals surface area contributed by atoms with E-state index in [4.69, 9.17) is 0 Å². The van der Waals surface area contributed by atoms with Crippen molar-refractivity contribution < 1.29 is 4.79 Å². The van der Waals surface area contributed by atoms with Crippen LogP contribution in [0.3, 0.4) is 0 Å². The number of ketones is 1. The summed E-state index contributed by atoms with van der Waals surface area (Å²) in [6, 6.07) is 11.3. The van der Waals surface area contributed by atoms with Gasteiger partial charge in [0.15, 0.2) is 17.2 Å². The summed E-state index contributed by atoms with van der Waals surface area (Å²) in [6.07, 6.45) is 3.15. The van der Waals surface area contributed by atoms with Crippen LogP contribution >= 0.6 is 0 Å². The van der Waals surface area contributed by atoms with Gasteiger partial charge >= 0.3 is 0 Å². The Morgan fingerprint density at radius 2 is 1.92 bits per heavy atom. The number of anilines is 3. The van der Waals surface area contributed by atoms with Crippen molar-refractivity contribution in [3.8, 4) is 5.82 Å². The maximum atomic E-state index is 13.1. The average Bonchev–Trinajstić information content (AvgIpc) is 3.16. The number of benzene rings is 1. The summed E-state index contributed by atoms with van der Waals surface area (Å²) in [5.41, 5.74) is 3.68. The Morgan fingerprint density at radius 1 is 1.14 bits per heavy atom. The summed E-state index contributed by atoms with van der Waals surface area (Å²) in [6.45, 7) is 11.7. The number of Topliss-reactive ketones (excluding diaryl/α,β-unsaturated/α-hetero) is 1. The van der Waals surface area contributed by atoms with Crippen LogP contribution in [0, 0.1) is 6.92 Å². The highest BCUT2D eigenvalue weighted by molar-refractivity contribution is 5.92. The van der Waals surface area contributed by atoms with Crippen molar-refractivity contribution >= 4 is 34.1 Å². The van der Waals surface area contributed by atoms with Gasteiger partial charge in [0.1, 0.15) is 11.1 Å². The number of pyridine rings is 1. The molecule has 0 spiro atoms. The summed E-state index contributed by atoms with van der Waals surface area (Å²) in [4.78, 5) is 43.4. The molecule has 1 aromatic carbocycles. The number of piperazine rings is 1. The van der Waals surface area contributed by atoms with Gasteiger partial charge in [0.05, 0.1) is 6.54 Å². The van der Waals surface area contributed by atoms with E-state index < -0.39 is 0 Å². The van der Waals surface area contributed by atoms with E-state index in [1.165, 1.54) is 23.5 Å². The molecule has 0 atom stereocenters. The van der Waals surface area contributed by atoms with Crippen molar-refractivity contribution in [2.24, 2.45) is 0 Å². The van der Waals surface area contributed by atoms with Crippen molar-refractivity contribution in [1.29, 1.82) is 0 Å². The van der Waals surface area contributed by atoms with Crippen LogP contribution in [0.2, 0.25) is 0 Å². The highest BCUT2D eigenvalue weighted by Crippen LogP contribution is 2.26. The number of carbonyl (C=O) groups is 1. The minimum absolute atomic E-state index is 0.164. The summed E-state index contributed by atoms with van der Waals surface area (Å²) in [7, 11) is 2.15. The molecule has 1 aliphatic rings. The molecule has 1 saturated heterocycles. The number of hydrogen-bond acceptors (Lipinski definition) is 8. The first-order valence-electron chi connectivity index (χ1n) is 12.2. The zero-order valence-electron chi connectivity index (χ0n) is 21.3. The molecule has 4 aromatic rings. The van der Waals surface area contributed by atoms with Crippen molar-refractivity contribution in [2.75, 3.05) is 43.4 Å². The predicted molar refractivity (Wildman–Crippen MR) is 145 cm³/mol. The number of nitrogens with one attached hydrogen (secondary N) is 1. The normalized spacial score (nSPS) is 14.2. The Hall–Kier alpha value is -4.31. The van der Waals surface area contributed by atoms with Gasteiger partial charge in [-0.25, -0.2) is 19.3 Å².